The average Bonchev–Trinajstić information content (AvgIpc) is 2.87. The molecule has 2 aliphatic carbocycles. The first-order valence-electron chi connectivity index (χ1n) is 7.19. The highest BCUT2D eigenvalue weighted by molar-refractivity contribution is 5.86. The fraction of sp³-hybridized carbons (Fsp3) is 0.857. The van der Waals surface area contributed by atoms with E-state index in [-0.39, 0.29) is 23.8 Å². The Labute approximate surface area is 113 Å². The lowest BCUT2D eigenvalue weighted by molar-refractivity contribution is -0.143. The molecule has 0 spiro atoms. The molecule has 0 radical (unpaired) electrons. The van der Waals surface area contributed by atoms with Crippen molar-refractivity contribution in [1.82, 2.24) is 5.32 Å². The van der Waals surface area contributed by atoms with E-state index in [9.17, 15) is 9.59 Å². The van der Waals surface area contributed by atoms with Gasteiger partial charge in [0.1, 0.15) is 6.04 Å². The van der Waals surface area contributed by atoms with Crippen LogP contribution in [0.2, 0.25) is 0 Å². The molecular weight excluding hydrogens is 244 g/mol. The molecule has 5 heteroatoms. The zero-order valence-electron chi connectivity index (χ0n) is 11.6. The van der Waals surface area contributed by atoms with Gasteiger partial charge in [-0.3, -0.25) is 4.79 Å². The van der Waals surface area contributed by atoms with Crippen molar-refractivity contribution in [2.45, 2.75) is 51.6 Å². The van der Waals surface area contributed by atoms with Gasteiger partial charge in [-0.1, -0.05) is 13.8 Å². The Bertz CT molecular complexity index is 368. The SMILES string of the molecule is CC(C)CC(NC(=O)C1C2CCC(C2)C1N)C(=O)O. The largest absolute Gasteiger partial charge is 0.480 e. The fourth-order valence-corrected chi connectivity index (χ4v) is 3.69. The quantitative estimate of drug-likeness (QED) is 0.693. The second-order valence-corrected chi connectivity index (χ2v) is 6.47. The molecule has 0 aromatic heterocycles. The minimum atomic E-state index is -0.959. The van der Waals surface area contributed by atoms with Crippen LogP contribution in [0.4, 0.5) is 0 Å². The number of hydrogen-bond acceptors (Lipinski definition) is 3. The Hall–Kier alpha value is -1.10. The van der Waals surface area contributed by atoms with Gasteiger partial charge in [0, 0.05) is 6.04 Å². The monoisotopic (exact) mass is 268 g/mol. The molecule has 0 aromatic rings. The van der Waals surface area contributed by atoms with Gasteiger partial charge < -0.3 is 16.2 Å². The summed E-state index contributed by atoms with van der Waals surface area (Å²) in [5, 5.41) is 11.9. The number of carbonyl (C=O) groups is 2. The van der Waals surface area contributed by atoms with Gasteiger partial charge in [0.15, 0.2) is 0 Å². The van der Waals surface area contributed by atoms with Crippen LogP contribution in [0.15, 0.2) is 0 Å². The zero-order chi connectivity index (χ0) is 14.2. The van der Waals surface area contributed by atoms with Crippen molar-refractivity contribution in [3.05, 3.63) is 0 Å². The van der Waals surface area contributed by atoms with E-state index >= 15 is 0 Å². The lowest BCUT2D eigenvalue weighted by Crippen LogP contribution is -2.50. The molecule has 5 atom stereocenters. The number of carboxylic acids is 1. The molecule has 19 heavy (non-hydrogen) atoms. The number of amides is 1. The number of carbonyl (C=O) groups excluding carboxylic acids is 1. The normalized spacial score (nSPS) is 34.5. The van der Waals surface area contributed by atoms with E-state index in [1.807, 2.05) is 13.8 Å². The topological polar surface area (TPSA) is 92.4 Å². The Morgan fingerprint density at radius 1 is 1.32 bits per heavy atom. The van der Waals surface area contributed by atoms with Crippen molar-refractivity contribution < 1.29 is 14.7 Å². The number of rotatable bonds is 5. The average molecular weight is 268 g/mol. The third-order valence-electron chi connectivity index (χ3n) is 4.61. The van der Waals surface area contributed by atoms with E-state index in [1.165, 1.54) is 0 Å². The van der Waals surface area contributed by atoms with E-state index in [4.69, 9.17) is 10.8 Å². The molecule has 108 valence electrons. The summed E-state index contributed by atoms with van der Waals surface area (Å²) in [6.45, 7) is 3.90. The van der Waals surface area contributed by atoms with Crippen LogP contribution in [0.25, 0.3) is 0 Å². The second kappa shape index (κ2) is 5.49. The van der Waals surface area contributed by atoms with Crippen LogP contribution in [0.3, 0.4) is 0 Å². The van der Waals surface area contributed by atoms with Gasteiger partial charge in [0.2, 0.25) is 5.91 Å². The van der Waals surface area contributed by atoms with Crippen molar-refractivity contribution >= 4 is 11.9 Å². The minimum Gasteiger partial charge on any atom is -0.480 e. The summed E-state index contributed by atoms with van der Waals surface area (Å²) >= 11 is 0. The van der Waals surface area contributed by atoms with Gasteiger partial charge in [-0.05, 0) is 43.4 Å². The number of nitrogens with one attached hydrogen (secondary N) is 1. The van der Waals surface area contributed by atoms with E-state index < -0.39 is 12.0 Å². The molecule has 2 fully saturated rings. The number of hydrogen-bond donors (Lipinski definition) is 3. The highest BCUT2D eigenvalue weighted by Gasteiger charge is 2.49. The predicted octanol–water partition coefficient (Wildman–Crippen LogP) is 0.975. The zero-order valence-corrected chi connectivity index (χ0v) is 11.6. The summed E-state index contributed by atoms with van der Waals surface area (Å²) in [6.07, 6.45) is 3.65. The molecule has 5 unspecified atom stereocenters. The maximum Gasteiger partial charge on any atom is 0.326 e. The summed E-state index contributed by atoms with van der Waals surface area (Å²) in [7, 11) is 0. The van der Waals surface area contributed by atoms with Crippen LogP contribution in [0.1, 0.15) is 39.5 Å². The molecule has 0 aromatic carbocycles. The lowest BCUT2D eigenvalue weighted by Gasteiger charge is -2.28. The van der Waals surface area contributed by atoms with Crippen molar-refractivity contribution in [3.63, 3.8) is 0 Å². The molecule has 2 rings (SSSR count). The first-order valence-corrected chi connectivity index (χ1v) is 7.19. The number of nitrogens with two attached hydrogens (primary N) is 1. The third-order valence-corrected chi connectivity index (χ3v) is 4.61. The standard InChI is InChI=1S/C14H24N2O3/c1-7(2)5-10(14(18)19)16-13(17)11-8-3-4-9(6-8)12(11)15/h7-12H,3-6,15H2,1-2H3,(H,16,17)(H,18,19). The van der Waals surface area contributed by atoms with E-state index in [1.54, 1.807) is 0 Å². The Kier molecular flexibility index (Phi) is 4.13. The molecule has 1 amide bonds. The summed E-state index contributed by atoms with van der Waals surface area (Å²) < 4.78 is 0. The molecule has 2 aliphatic rings. The molecule has 4 N–H and O–H groups in total. The highest BCUT2D eigenvalue weighted by Crippen LogP contribution is 2.47. The molecular formula is C14H24N2O3. The molecule has 0 saturated heterocycles. The van der Waals surface area contributed by atoms with Crippen LogP contribution in [-0.2, 0) is 9.59 Å². The van der Waals surface area contributed by atoms with Crippen LogP contribution in [0.5, 0.6) is 0 Å². The fourth-order valence-electron chi connectivity index (χ4n) is 3.69. The minimum absolute atomic E-state index is 0.0905. The first-order chi connectivity index (χ1) is 8.90. The summed E-state index contributed by atoms with van der Waals surface area (Å²) in [5.74, 6) is -0.267. The van der Waals surface area contributed by atoms with Gasteiger partial charge in [0.25, 0.3) is 0 Å². The van der Waals surface area contributed by atoms with E-state index in [0.717, 1.165) is 19.3 Å². The summed E-state index contributed by atoms with van der Waals surface area (Å²) in [6, 6.07) is -0.883. The predicted molar refractivity (Wildman–Crippen MR) is 71.3 cm³/mol. The maximum atomic E-state index is 12.3. The van der Waals surface area contributed by atoms with Crippen molar-refractivity contribution in [3.8, 4) is 0 Å². The Morgan fingerprint density at radius 3 is 2.42 bits per heavy atom. The third kappa shape index (κ3) is 2.91. The van der Waals surface area contributed by atoms with Gasteiger partial charge in [-0.25, -0.2) is 4.79 Å². The Morgan fingerprint density at radius 2 is 1.95 bits per heavy atom. The van der Waals surface area contributed by atoms with E-state index in [0.29, 0.717) is 18.3 Å². The number of carboxylic acid groups (broad SMARTS) is 1. The first kappa shape index (κ1) is 14.3. The smallest absolute Gasteiger partial charge is 0.326 e. The van der Waals surface area contributed by atoms with Gasteiger partial charge in [0.05, 0.1) is 5.92 Å². The maximum absolute atomic E-state index is 12.3. The van der Waals surface area contributed by atoms with Crippen molar-refractivity contribution in [1.29, 1.82) is 0 Å². The van der Waals surface area contributed by atoms with Gasteiger partial charge in [-0.2, -0.15) is 0 Å². The number of aliphatic carboxylic acids is 1. The van der Waals surface area contributed by atoms with Gasteiger partial charge in [-0.15, -0.1) is 0 Å². The van der Waals surface area contributed by atoms with Crippen LogP contribution >= 0.6 is 0 Å². The van der Waals surface area contributed by atoms with Crippen LogP contribution in [-0.4, -0.2) is 29.1 Å². The van der Waals surface area contributed by atoms with E-state index in [2.05, 4.69) is 5.32 Å². The van der Waals surface area contributed by atoms with Gasteiger partial charge >= 0.3 is 5.97 Å². The molecule has 0 heterocycles. The molecule has 2 bridgehead atoms. The highest BCUT2D eigenvalue weighted by atomic mass is 16.4. The molecule has 0 aliphatic heterocycles. The second-order valence-electron chi connectivity index (χ2n) is 6.47. The van der Waals surface area contributed by atoms with Crippen molar-refractivity contribution in [2.75, 3.05) is 0 Å². The van der Waals surface area contributed by atoms with Crippen LogP contribution in [0, 0.1) is 23.7 Å². The van der Waals surface area contributed by atoms with Crippen LogP contribution < -0.4 is 11.1 Å². The number of fused-ring (bicyclic) bond motifs is 2. The molecule has 5 nitrogen and oxygen atoms in total. The lowest BCUT2D eigenvalue weighted by atomic mass is 9.84. The molecule has 2 saturated carbocycles. The Balaban J connectivity index is 1.97. The van der Waals surface area contributed by atoms with Crippen molar-refractivity contribution in [2.24, 2.45) is 29.4 Å². The summed E-state index contributed by atoms with van der Waals surface area (Å²) in [5.41, 5.74) is 6.11. The summed E-state index contributed by atoms with van der Waals surface area (Å²) in [4.78, 5) is 23.5.